The molecule has 0 N–H and O–H groups in total. The summed E-state index contributed by atoms with van der Waals surface area (Å²) in [6.45, 7) is 9.23. The van der Waals surface area contributed by atoms with Crippen LogP contribution < -0.4 is 9.30 Å². The molecule has 4 heterocycles. The second-order valence-electron chi connectivity index (χ2n) is 9.56. The highest BCUT2D eigenvalue weighted by Gasteiger charge is 2.35. The quantitative estimate of drug-likeness (QED) is 0.243. The normalized spacial score (nSPS) is 13.2. The first-order valence-electron chi connectivity index (χ1n) is 10.4. The van der Waals surface area contributed by atoms with Gasteiger partial charge in [-0.1, -0.05) is 39.0 Å². The van der Waals surface area contributed by atoms with Gasteiger partial charge >= 0.3 is 0 Å². The van der Waals surface area contributed by atoms with Gasteiger partial charge in [-0.3, -0.25) is 0 Å². The van der Waals surface area contributed by atoms with E-state index in [-0.39, 0.29) is 5.41 Å². The van der Waals surface area contributed by atoms with E-state index in [1.165, 1.54) is 52.6 Å². The van der Waals surface area contributed by atoms with E-state index in [0.29, 0.717) is 0 Å². The lowest BCUT2D eigenvalue weighted by atomic mass is 9.83. The second-order valence-corrected chi connectivity index (χ2v) is 11.5. The van der Waals surface area contributed by atoms with Crippen LogP contribution in [0.3, 0.4) is 0 Å². The first-order chi connectivity index (χ1) is 14.3. The van der Waals surface area contributed by atoms with Gasteiger partial charge in [0.05, 0.1) is 10.3 Å². The molecule has 2 nitrogen and oxygen atoms in total. The SMILES string of the molecule is Cc1c2c(c(CC(C)(C)C)c3c1sc1ccccc13)Oc1csc3cc[n+](C)c-2c13. The molecule has 0 amide bonds. The molecule has 0 saturated heterocycles. The van der Waals surface area contributed by atoms with Crippen LogP contribution in [0.1, 0.15) is 31.9 Å². The van der Waals surface area contributed by atoms with E-state index in [4.69, 9.17) is 4.74 Å². The van der Waals surface area contributed by atoms with Crippen LogP contribution >= 0.6 is 22.7 Å². The van der Waals surface area contributed by atoms with Crippen molar-refractivity contribution in [1.82, 2.24) is 0 Å². The Balaban J connectivity index is 1.84. The van der Waals surface area contributed by atoms with Gasteiger partial charge in [-0.15, -0.1) is 22.7 Å². The maximum Gasteiger partial charge on any atom is 0.228 e. The molecule has 0 atom stereocenters. The lowest BCUT2D eigenvalue weighted by Gasteiger charge is -2.26. The Hall–Kier alpha value is -2.43. The Morgan fingerprint density at radius 2 is 1.83 bits per heavy atom. The van der Waals surface area contributed by atoms with E-state index < -0.39 is 0 Å². The number of pyridine rings is 1. The van der Waals surface area contributed by atoms with Crippen molar-refractivity contribution in [3.63, 3.8) is 0 Å². The van der Waals surface area contributed by atoms with E-state index >= 15 is 0 Å². The fourth-order valence-corrected chi connectivity index (χ4v) is 6.97. The van der Waals surface area contributed by atoms with Crippen molar-refractivity contribution in [2.75, 3.05) is 0 Å². The Labute approximate surface area is 184 Å². The summed E-state index contributed by atoms with van der Waals surface area (Å²) >= 11 is 3.69. The van der Waals surface area contributed by atoms with E-state index in [1.54, 1.807) is 11.3 Å². The average Bonchev–Trinajstić information content (AvgIpc) is 3.29. The van der Waals surface area contributed by atoms with Gasteiger partial charge in [0.1, 0.15) is 18.2 Å². The minimum atomic E-state index is 0.158. The summed E-state index contributed by atoms with van der Waals surface area (Å²) in [7, 11) is 2.16. The fraction of sp³-hybridized carbons (Fsp3) is 0.269. The number of nitrogens with zero attached hydrogens (tertiary/aromatic N) is 1. The van der Waals surface area contributed by atoms with Crippen LogP contribution in [0.4, 0.5) is 0 Å². The standard InChI is InChI=1S/C26H24NOS2/c1-14-20-23-22-17(13-29-19(22)10-11-27(23)5)28-24(20)16(12-26(2,3)4)21-15-8-6-7-9-18(15)30-25(14)21/h6-11,13H,12H2,1-5H3/q+1. The number of thiophene rings is 2. The van der Waals surface area contributed by atoms with Crippen molar-refractivity contribution in [1.29, 1.82) is 0 Å². The lowest BCUT2D eigenvalue weighted by molar-refractivity contribution is -0.659. The molecule has 6 rings (SSSR count). The Bertz CT molecular complexity index is 1500. The summed E-state index contributed by atoms with van der Waals surface area (Å²) in [6, 6.07) is 11.0. The summed E-state index contributed by atoms with van der Waals surface area (Å²) < 4.78 is 13.0. The van der Waals surface area contributed by atoms with Gasteiger partial charge in [-0.2, -0.15) is 0 Å². The monoisotopic (exact) mass is 430 g/mol. The third kappa shape index (κ3) is 2.44. The van der Waals surface area contributed by atoms with Gasteiger partial charge in [-0.25, -0.2) is 4.57 Å². The molecule has 0 aliphatic carbocycles. The summed E-state index contributed by atoms with van der Waals surface area (Å²) in [6.07, 6.45) is 3.16. The topological polar surface area (TPSA) is 13.1 Å². The molecule has 1 aliphatic rings. The van der Waals surface area contributed by atoms with Crippen LogP contribution in [0.15, 0.2) is 41.9 Å². The fourth-order valence-electron chi connectivity index (χ4n) is 4.88. The number of aryl methyl sites for hydroxylation is 2. The van der Waals surface area contributed by atoms with Crippen LogP contribution in [0, 0.1) is 12.3 Å². The smallest absolute Gasteiger partial charge is 0.228 e. The average molecular weight is 431 g/mol. The highest BCUT2D eigenvalue weighted by molar-refractivity contribution is 7.26. The molecule has 1 aliphatic heterocycles. The molecule has 0 saturated carbocycles. The first-order valence-corrected chi connectivity index (χ1v) is 12.1. The maximum atomic E-state index is 6.73. The van der Waals surface area contributed by atoms with E-state index in [2.05, 4.69) is 81.2 Å². The molecular weight excluding hydrogens is 406 g/mol. The second kappa shape index (κ2) is 6.05. The molecule has 5 aromatic rings. The van der Waals surface area contributed by atoms with Crippen LogP contribution in [-0.2, 0) is 13.5 Å². The zero-order valence-corrected chi connectivity index (χ0v) is 19.6. The molecule has 4 heteroatoms. The molecule has 0 unspecified atom stereocenters. The highest BCUT2D eigenvalue weighted by atomic mass is 32.1. The number of benzene rings is 2. The zero-order chi connectivity index (χ0) is 20.8. The first kappa shape index (κ1) is 18.3. The molecule has 2 aromatic carbocycles. The molecule has 150 valence electrons. The Morgan fingerprint density at radius 1 is 1.03 bits per heavy atom. The largest absolute Gasteiger partial charge is 0.454 e. The third-order valence-electron chi connectivity index (χ3n) is 6.09. The van der Waals surface area contributed by atoms with Gasteiger partial charge in [0.2, 0.25) is 5.69 Å². The highest BCUT2D eigenvalue weighted by Crippen LogP contribution is 2.55. The Kier molecular flexibility index (Phi) is 3.70. The minimum absolute atomic E-state index is 0.158. The van der Waals surface area contributed by atoms with E-state index in [0.717, 1.165) is 17.9 Å². The van der Waals surface area contributed by atoms with Gasteiger partial charge in [-0.05, 0) is 30.4 Å². The Morgan fingerprint density at radius 3 is 2.63 bits per heavy atom. The van der Waals surface area contributed by atoms with Crippen molar-refractivity contribution in [3.05, 3.63) is 53.0 Å². The number of aromatic nitrogens is 1. The van der Waals surface area contributed by atoms with Crippen LogP contribution in [-0.4, -0.2) is 0 Å². The molecular formula is C26H24NOS2+. The van der Waals surface area contributed by atoms with Gasteiger partial charge in [0.15, 0.2) is 11.9 Å². The van der Waals surface area contributed by atoms with Crippen molar-refractivity contribution in [2.24, 2.45) is 12.5 Å². The van der Waals surface area contributed by atoms with E-state index in [1.807, 2.05) is 11.3 Å². The number of hydrogen-bond donors (Lipinski definition) is 0. The summed E-state index contributed by atoms with van der Waals surface area (Å²) in [4.78, 5) is 0. The maximum absolute atomic E-state index is 6.73. The molecule has 0 bridgehead atoms. The summed E-state index contributed by atoms with van der Waals surface area (Å²) in [5.74, 6) is 2.06. The molecule has 30 heavy (non-hydrogen) atoms. The number of ether oxygens (including phenoxy) is 1. The summed E-state index contributed by atoms with van der Waals surface area (Å²) in [5, 5.41) is 6.16. The van der Waals surface area contributed by atoms with Gasteiger partial charge < -0.3 is 4.74 Å². The number of hydrogen-bond acceptors (Lipinski definition) is 3. The van der Waals surface area contributed by atoms with Crippen LogP contribution in [0.2, 0.25) is 0 Å². The predicted molar refractivity (Wildman–Crippen MR) is 129 cm³/mol. The number of rotatable bonds is 1. The molecule has 0 radical (unpaired) electrons. The molecule has 3 aromatic heterocycles. The minimum Gasteiger partial charge on any atom is -0.454 e. The van der Waals surface area contributed by atoms with Crippen LogP contribution in [0.25, 0.3) is 41.5 Å². The van der Waals surface area contributed by atoms with Crippen molar-refractivity contribution in [2.45, 2.75) is 34.1 Å². The van der Waals surface area contributed by atoms with Crippen molar-refractivity contribution >= 4 is 52.9 Å². The van der Waals surface area contributed by atoms with Crippen molar-refractivity contribution in [3.8, 4) is 22.8 Å². The van der Waals surface area contributed by atoms with E-state index in [9.17, 15) is 0 Å². The summed E-state index contributed by atoms with van der Waals surface area (Å²) in [5.41, 5.74) is 5.40. The van der Waals surface area contributed by atoms with Crippen LogP contribution in [0.5, 0.6) is 11.5 Å². The number of fused-ring (bicyclic) bond motifs is 5. The zero-order valence-electron chi connectivity index (χ0n) is 17.9. The van der Waals surface area contributed by atoms with Crippen molar-refractivity contribution < 1.29 is 9.30 Å². The molecule has 0 fully saturated rings. The van der Waals surface area contributed by atoms with Gasteiger partial charge in [0.25, 0.3) is 0 Å². The third-order valence-corrected chi connectivity index (χ3v) is 8.31. The van der Waals surface area contributed by atoms with Gasteiger partial charge in [0, 0.05) is 37.2 Å². The predicted octanol–water partition coefficient (Wildman–Crippen LogP) is 7.76. The molecule has 0 spiro atoms. The lowest BCUT2D eigenvalue weighted by Crippen LogP contribution is -2.31.